The van der Waals surface area contributed by atoms with E-state index in [2.05, 4.69) is 4.98 Å². The Kier molecular flexibility index (Phi) is 6.23. The minimum absolute atomic E-state index is 0.113. The molecule has 5 nitrogen and oxygen atoms in total. The molecule has 0 amide bonds. The Morgan fingerprint density at radius 1 is 1.00 bits per heavy atom. The summed E-state index contributed by atoms with van der Waals surface area (Å²) in [6, 6.07) is 19.7. The van der Waals surface area contributed by atoms with Gasteiger partial charge in [0.2, 0.25) is 0 Å². The molecule has 1 heterocycles. The van der Waals surface area contributed by atoms with Crippen molar-refractivity contribution in [2.24, 2.45) is 0 Å². The van der Waals surface area contributed by atoms with Crippen molar-refractivity contribution in [3.8, 4) is 0 Å². The molecule has 3 aromatic rings. The number of nitrogens with one attached hydrogen (secondary N) is 1. The van der Waals surface area contributed by atoms with E-state index in [-0.39, 0.29) is 27.2 Å². The van der Waals surface area contributed by atoms with Crippen LogP contribution in [0.25, 0.3) is 0 Å². The zero-order valence-corrected chi connectivity index (χ0v) is 16.2. The Bertz CT molecular complexity index is 966. The van der Waals surface area contributed by atoms with Crippen LogP contribution < -0.4 is 20.3 Å². The van der Waals surface area contributed by atoms with E-state index >= 15 is 0 Å². The van der Waals surface area contributed by atoms with Gasteiger partial charge in [-0.2, -0.15) is 0 Å². The molecule has 0 bridgehead atoms. The van der Waals surface area contributed by atoms with Crippen molar-refractivity contribution in [2.75, 3.05) is 0 Å². The summed E-state index contributed by atoms with van der Waals surface area (Å²) in [7, 11) is 0. The van der Waals surface area contributed by atoms with E-state index < -0.39 is 5.69 Å². The van der Waals surface area contributed by atoms with Crippen molar-refractivity contribution in [1.82, 2.24) is 9.55 Å². The van der Waals surface area contributed by atoms with Crippen molar-refractivity contribution in [3.05, 3.63) is 92.6 Å². The van der Waals surface area contributed by atoms with Crippen LogP contribution in [0.5, 0.6) is 0 Å². The summed E-state index contributed by atoms with van der Waals surface area (Å²) in [4.78, 5) is 27.0. The van der Waals surface area contributed by atoms with Crippen LogP contribution in [0.1, 0.15) is 18.1 Å². The van der Waals surface area contributed by atoms with E-state index in [4.69, 9.17) is 4.74 Å². The molecule has 0 aliphatic carbocycles. The van der Waals surface area contributed by atoms with Gasteiger partial charge in [0, 0.05) is 0 Å². The van der Waals surface area contributed by atoms with Gasteiger partial charge in [0.1, 0.15) is 0 Å². The summed E-state index contributed by atoms with van der Waals surface area (Å²) in [5.41, 5.74) is 0.963. The van der Waals surface area contributed by atoms with E-state index in [0.29, 0.717) is 18.6 Å². The molecule has 0 atom stereocenters. The summed E-state index contributed by atoms with van der Waals surface area (Å²) >= 11 is -0.157. The van der Waals surface area contributed by atoms with Gasteiger partial charge in [-0.3, -0.25) is 0 Å². The van der Waals surface area contributed by atoms with Gasteiger partial charge in [0.15, 0.2) is 0 Å². The van der Waals surface area contributed by atoms with Gasteiger partial charge in [-0.1, -0.05) is 0 Å². The molecule has 0 unspecified atom stereocenters. The number of H-pyrrole nitrogens is 1. The molecular weight excluding hydrogens is 395 g/mol. The van der Waals surface area contributed by atoms with Crippen LogP contribution in [0.4, 0.5) is 0 Å². The normalized spacial score (nSPS) is 10.8. The Morgan fingerprint density at radius 2 is 1.65 bits per heavy atom. The third-order valence-electron chi connectivity index (χ3n) is 3.89. The molecule has 26 heavy (non-hydrogen) atoms. The Balaban J connectivity index is 1.90. The monoisotopic (exact) mass is 416 g/mol. The fraction of sp³-hybridized carbons (Fsp3) is 0.200. The molecular formula is C20H20N2O3Se. The predicted molar refractivity (Wildman–Crippen MR) is 103 cm³/mol. The number of hydrogen-bond acceptors (Lipinski definition) is 3. The fourth-order valence-corrected chi connectivity index (χ4v) is 4.92. The van der Waals surface area contributed by atoms with Crippen LogP contribution in [-0.4, -0.2) is 24.5 Å². The summed E-state index contributed by atoms with van der Waals surface area (Å²) in [5.74, 6) is 0. The summed E-state index contributed by atoms with van der Waals surface area (Å²) in [5, 5.41) is 0. The molecule has 134 valence electrons. The Labute approximate surface area is 157 Å². The Hall–Kier alpha value is -2.40. The molecule has 1 N–H and O–H groups in total. The van der Waals surface area contributed by atoms with Gasteiger partial charge in [-0.15, -0.1) is 0 Å². The summed E-state index contributed by atoms with van der Waals surface area (Å²) in [6.07, 6.45) is 0.568. The maximum atomic E-state index is 12.4. The molecule has 3 rings (SSSR count). The molecule has 0 saturated carbocycles. The van der Waals surface area contributed by atoms with Gasteiger partial charge >= 0.3 is 158 Å². The van der Waals surface area contributed by atoms with Crippen LogP contribution in [-0.2, 0) is 24.5 Å². The Morgan fingerprint density at radius 3 is 2.31 bits per heavy atom. The first kappa shape index (κ1) is 18.4. The molecule has 0 aliphatic rings. The van der Waals surface area contributed by atoms with Crippen LogP contribution in [0, 0.1) is 0 Å². The standard InChI is InChI=1S/C20H20N2O3Se/c1-2-17-18(23)21-20(24)22(14-25-13-15-9-5-3-6-10-15)19(17)26-16-11-7-4-8-12-16/h3-12H,2,13-14H2,1H3,(H,21,23,24). The molecule has 6 heteroatoms. The van der Waals surface area contributed by atoms with Crippen molar-refractivity contribution in [1.29, 1.82) is 0 Å². The molecule has 0 aliphatic heterocycles. The number of benzene rings is 2. The summed E-state index contributed by atoms with van der Waals surface area (Å²) in [6.45, 7) is 2.45. The topological polar surface area (TPSA) is 64.1 Å². The van der Waals surface area contributed by atoms with Gasteiger partial charge < -0.3 is 0 Å². The first-order valence-electron chi connectivity index (χ1n) is 8.39. The van der Waals surface area contributed by atoms with E-state index in [0.717, 1.165) is 14.6 Å². The SMILES string of the molecule is CCc1c([Se]c2ccccc2)n(COCc2ccccc2)c(=O)[nH]c1=O. The van der Waals surface area contributed by atoms with Crippen molar-refractivity contribution >= 4 is 24.0 Å². The molecule has 2 aromatic carbocycles. The first-order chi connectivity index (χ1) is 12.7. The van der Waals surface area contributed by atoms with Gasteiger partial charge in [-0.25, -0.2) is 0 Å². The zero-order valence-electron chi connectivity index (χ0n) is 14.5. The maximum absolute atomic E-state index is 12.4. The van der Waals surface area contributed by atoms with Crippen LogP contribution >= 0.6 is 0 Å². The number of rotatable bonds is 7. The first-order valence-corrected chi connectivity index (χ1v) is 10.1. The second-order valence-corrected chi connectivity index (χ2v) is 7.93. The molecule has 0 spiro atoms. The summed E-state index contributed by atoms with van der Waals surface area (Å²) < 4.78 is 9.19. The third-order valence-corrected chi connectivity index (χ3v) is 6.34. The van der Waals surface area contributed by atoms with Crippen molar-refractivity contribution in [3.63, 3.8) is 0 Å². The number of ether oxygens (including phenoxy) is 1. The second kappa shape index (κ2) is 8.81. The van der Waals surface area contributed by atoms with Gasteiger partial charge in [0.05, 0.1) is 0 Å². The number of aromatic amines is 1. The second-order valence-electron chi connectivity index (χ2n) is 5.70. The molecule has 0 saturated heterocycles. The fourth-order valence-electron chi connectivity index (χ4n) is 2.57. The number of aromatic nitrogens is 2. The van der Waals surface area contributed by atoms with E-state index in [1.54, 1.807) is 4.57 Å². The quantitative estimate of drug-likeness (QED) is 0.584. The number of hydrogen-bond donors (Lipinski definition) is 1. The van der Waals surface area contributed by atoms with E-state index in [9.17, 15) is 9.59 Å². The van der Waals surface area contributed by atoms with Crippen molar-refractivity contribution < 1.29 is 4.74 Å². The van der Waals surface area contributed by atoms with Gasteiger partial charge in [0.25, 0.3) is 0 Å². The van der Waals surface area contributed by atoms with Crippen LogP contribution in [0.15, 0.2) is 70.3 Å². The predicted octanol–water partition coefficient (Wildman–Crippen LogP) is 0.928. The molecule has 1 aromatic heterocycles. The van der Waals surface area contributed by atoms with Crippen LogP contribution in [0.3, 0.4) is 0 Å². The third kappa shape index (κ3) is 4.41. The molecule has 0 radical (unpaired) electrons. The zero-order chi connectivity index (χ0) is 18.4. The van der Waals surface area contributed by atoms with Crippen LogP contribution in [0.2, 0.25) is 0 Å². The van der Waals surface area contributed by atoms with E-state index in [1.165, 1.54) is 0 Å². The molecule has 0 fully saturated rings. The average Bonchev–Trinajstić information content (AvgIpc) is 2.66. The van der Waals surface area contributed by atoms with E-state index in [1.807, 2.05) is 67.6 Å². The number of nitrogens with zero attached hydrogens (tertiary/aromatic N) is 1. The minimum atomic E-state index is -0.423. The average molecular weight is 415 g/mol. The van der Waals surface area contributed by atoms with Crippen molar-refractivity contribution in [2.45, 2.75) is 26.7 Å². The van der Waals surface area contributed by atoms with Gasteiger partial charge in [-0.05, 0) is 0 Å².